The van der Waals surface area contributed by atoms with Crippen molar-refractivity contribution in [3.8, 4) is 5.75 Å². The van der Waals surface area contributed by atoms with Crippen LogP contribution in [0.25, 0.3) is 0 Å². The molecule has 3 aromatic rings. The van der Waals surface area contributed by atoms with Gasteiger partial charge in [0.15, 0.2) is 11.2 Å². The number of carbonyl (C=O) groups excluding carboxylic acids is 1. The maximum Gasteiger partial charge on any atom is 0.331 e. The number of aromatic nitrogens is 2. The van der Waals surface area contributed by atoms with Gasteiger partial charge in [0.2, 0.25) is 0 Å². The number of ether oxygens (including phenoxy) is 2. The number of methoxy groups -OCH3 is 2. The van der Waals surface area contributed by atoms with E-state index in [-0.39, 0.29) is 17.5 Å². The molecule has 0 radical (unpaired) electrons. The van der Waals surface area contributed by atoms with E-state index in [1.807, 2.05) is 20.8 Å². The molecular formula is C27H32FN3O6. The number of hydrogen-bond acceptors (Lipinski definition) is 6. The minimum atomic E-state index is -2.23. The minimum absolute atomic E-state index is 0.172. The second-order valence-corrected chi connectivity index (χ2v) is 10.5. The SMILES string of the molecule is COCC1(F)CC(Cn2cccn2)(C(=O)O)N(C(=O)c2ccc(C(C)(C)C)c(OC)c2)C1c1ccoc1. The summed E-state index contributed by atoms with van der Waals surface area (Å²) in [6.07, 6.45) is 5.25. The van der Waals surface area contributed by atoms with E-state index in [2.05, 4.69) is 5.10 Å². The van der Waals surface area contributed by atoms with Gasteiger partial charge in [-0.1, -0.05) is 26.8 Å². The van der Waals surface area contributed by atoms with Crippen molar-refractivity contribution in [1.29, 1.82) is 0 Å². The van der Waals surface area contributed by atoms with Gasteiger partial charge in [-0.3, -0.25) is 9.48 Å². The van der Waals surface area contributed by atoms with Crippen LogP contribution >= 0.6 is 0 Å². The zero-order valence-electron chi connectivity index (χ0n) is 21.6. The number of hydrogen-bond donors (Lipinski definition) is 1. The molecule has 0 aliphatic carbocycles. The average Bonchev–Trinajstić information content (AvgIpc) is 3.58. The molecule has 9 nitrogen and oxygen atoms in total. The third kappa shape index (κ3) is 4.61. The number of furan rings is 1. The molecule has 1 amide bonds. The molecule has 10 heteroatoms. The molecule has 1 aliphatic rings. The number of carboxylic acids is 1. The number of carboxylic acid groups (broad SMARTS) is 1. The Morgan fingerprint density at radius 3 is 2.57 bits per heavy atom. The zero-order chi connectivity index (χ0) is 27.0. The molecule has 3 unspecified atom stereocenters. The summed E-state index contributed by atoms with van der Waals surface area (Å²) >= 11 is 0. The van der Waals surface area contributed by atoms with Crippen molar-refractivity contribution in [3.63, 3.8) is 0 Å². The smallest absolute Gasteiger partial charge is 0.331 e. The largest absolute Gasteiger partial charge is 0.496 e. The van der Waals surface area contributed by atoms with Crippen LogP contribution in [0.4, 0.5) is 4.39 Å². The van der Waals surface area contributed by atoms with Gasteiger partial charge in [0.25, 0.3) is 5.91 Å². The van der Waals surface area contributed by atoms with Crippen molar-refractivity contribution in [3.05, 3.63) is 71.9 Å². The lowest BCUT2D eigenvalue weighted by atomic mass is 9.85. The van der Waals surface area contributed by atoms with Crippen LogP contribution in [-0.4, -0.2) is 63.7 Å². The third-order valence-electron chi connectivity index (χ3n) is 6.90. The number of rotatable bonds is 8. The summed E-state index contributed by atoms with van der Waals surface area (Å²) < 4.78 is 34.2. The third-order valence-corrected chi connectivity index (χ3v) is 6.90. The maximum atomic E-state index is 16.8. The van der Waals surface area contributed by atoms with Gasteiger partial charge >= 0.3 is 5.97 Å². The molecule has 1 aromatic carbocycles. The van der Waals surface area contributed by atoms with E-state index in [9.17, 15) is 14.7 Å². The number of nitrogens with zero attached hydrogens (tertiary/aromatic N) is 3. The first-order valence-corrected chi connectivity index (χ1v) is 11.9. The van der Waals surface area contributed by atoms with Crippen LogP contribution in [-0.2, 0) is 21.5 Å². The van der Waals surface area contributed by atoms with E-state index in [0.717, 1.165) is 10.5 Å². The van der Waals surface area contributed by atoms with Crippen molar-refractivity contribution in [2.75, 3.05) is 20.8 Å². The molecule has 3 atom stereocenters. The first-order valence-electron chi connectivity index (χ1n) is 11.9. The molecular weight excluding hydrogens is 481 g/mol. The Labute approximate surface area is 214 Å². The molecule has 1 N–H and O–H groups in total. The van der Waals surface area contributed by atoms with Crippen molar-refractivity contribution in [2.45, 2.75) is 56.4 Å². The number of likely N-dealkylation sites (tertiary alicyclic amines) is 1. The van der Waals surface area contributed by atoms with Gasteiger partial charge in [-0.15, -0.1) is 0 Å². The fourth-order valence-corrected chi connectivity index (χ4v) is 5.33. The van der Waals surface area contributed by atoms with Crippen molar-refractivity contribution >= 4 is 11.9 Å². The fraction of sp³-hybridized carbons (Fsp3) is 0.444. The molecule has 37 heavy (non-hydrogen) atoms. The second kappa shape index (κ2) is 9.66. The minimum Gasteiger partial charge on any atom is -0.496 e. The van der Waals surface area contributed by atoms with Crippen molar-refractivity contribution < 1.29 is 33.0 Å². The molecule has 1 fully saturated rings. The number of carbonyl (C=O) groups is 2. The normalized spacial score (nSPS) is 23.8. The van der Waals surface area contributed by atoms with Gasteiger partial charge in [0, 0.05) is 37.1 Å². The van der Waals surface area contributed by atoms with E-state index >= 15 is 4.39 Å². The summed E-state index contributed by atoms with van der Waals surface area (Å²) in [4.78, 5) is 28.4. The van der Waals surface area contributed by atoms with Crippen molar-refractivity contribution in [1.82, 2.24) is 14.7 Å². The molecule has 3 heterocycles. The van der Waals surface area contributed by atoms with E-state index in [1.165, 1.54) is 43.7 Å². The Morgan fingerprint density at radius 1 is 1.27 bits per heavy atom. The lowest BCUT2D eigenvalue weighted by molar-refractivity contribution is -0.150. The topological polar surface area (TPSA) is 107 Å². The van der Waals surface area contributed by atoms with Gasteiger partial charge in [-0.2, -0.15) is 5.10 Å². The molecule has 198 valence electrons. The summed E-state index contributed by atoms with van der Waals surface area (Å²) in [7, 11) is 2.84. The number of amides is 1. The number of benzene rings is 1. The summed E-state index contributed by atoms with van der Waals surface area (Å²) in [5.74, 6) is -1.53. The van der Waals surface area contributed by atoms with Gasteiger partial charge in [-0.05, 0) is 35.2 Å². The van der Waals surface area contributed by atoms with Crippen LogP contribution in [0.5, 0.6) is 5.75 Å². The molecule has 1 aliphatic heterocycles. The number of alkyl halides is 1. The van der Waals surface area contributed by atoms with Crippen LogP contribution < -0.4 is 4.74 Å². The van der Waals surface area contributed by atoms with E-state index in [0.29, 0.717) is 11.3 Å². The van der Waals surface area contributed by atoms with Crippen LogP contribution in [0.2, 0.25) is 0 Å². The molecule has 0 saturated carbocycles. The van der Waals surface area contributed by atoms with E-state index in [4.69, 9.17) is 13.9 Å². The summed E-state index contributed by atoms with van der Waals surface area (Å²) in [5, 5.41) is 14.7. The molecule has 0 bridgehead atoms. The Morgan fingerprint density at radius 2 is 2.03 bits per heavy atom. The molecule has 2 aromatic heterocycles. The highest BCUT2D eigenvalue weighted by molar-refractivity contribution is 5.99. The Bertz CT molecular complexity index is 1250. The summed E-state index contributed by atoms with van der Waals surface area (Å²) in [5.41, 5.74) is -3.10. The Kier molecular flexibility index (Phi) is 6.89. The van der Waals surface area contributed by atoms with Crippen LogP contribution in [0.1, 0.15) is 54.7 Å². The Balaban J connectivity index is 1.93. The molecule has 0 spiro atoms. The summed E-state index contributed by atoms with van der Waals surface area (Å²) in [6.45, 7) is 5.37. The Hall–Kier alpha value is -3.66. The highest BCUT2D eigenvalue weighted by Gasteiger charge is 2.66. The number of aliphatic carboxylic acids is 1. The average molecular weight is 514 g/mol. The van der Waals surface area contributed by atoms with Crippen LogP contribution in [0.3, 0.4) is 0 Å². The monoisotopic (exact) mass is 513 g/mol. The molecule has 4 rings (SSSR count). The first-order chi connectivity index (χ1) is 17.5. The second-order valence-electron chi connectivity index (χ2n) is 10.5. The van der Waals surface area contributed by atoms with E-state index in [1.54, 1.807) is 30.5 Å². The quantitative estimate of drug-likeness (QED) is 0.480. The lowest BCUT2D eigenvalue weighted by Gasteiger charge is -2.38. The van der Waals surface area contributed by atoms with Crippen molar-refractivity contribution in [2.24, 2.45) is 0 Å². The van der Waals surface area contributed by atoms with Gasteiger partial charge in [-0.25, -0.2) is 9.18 Å². The summed E-state index contributed by atoms with van der Waals surface area (Å²) in [6, 6.07) is 6.85. The lowest BCUT2D eigenvalue weighted by Crippen LogP contribution is -2.56. The zero-order valence-corrected chi connectivity index (χ0v) is 21.6. The highest BCUT2D eigenvalue weighted by Crippen LogP contribution is 2.53. The highest BCUT2D eigenvalue weighted by atomic mass is 19.1. The first kappa shape index (κ1) is 26.4. The fourth-order valence-electron chi connectivity index (χ4n) is 5.33. The molecule has 1 saturated heterocycles. The predicted octanol–water partition coefficient (Wildman–Crippen LogP) is 4.25. The van der Waals surface area contributed by atoms with E-state index < -0.39 is 42.2 Å². The predicted molar refractivity (Wildman–Crippen MR) is 132 cm³/mol. The van der Waals surface area contributed by atoms with Gasteiger partial charge < -0.3 is 23.9 Å². The van der Waals surface area contributed by atoms with Crippen LogP contribution in [0, 0.1) is 0 Å². The number of halogens is 1. The van der Waals surface area contributed by atoms with Gasteiger partial charge in [0.1, 0.15) is 5.75 Å². The maximum absolute atomic E-state index is 16.8. The van der Waals surface area contributed by atoms with Gasteiger partial charge in [0.05, 0.1) is 38.8 Å². The van der Waals surface area contributed by atoms with Crippen LogP contribution in [0.15, 0.2) is 59.7 Å². The standard InChI is InChI=1S/C27H32FN3O6/c1-25(2,3)20-8-7-18(13-21(20)36-5)23(32)31-22(19-9-12-37-14-19)26(28,17-35-4)15-27(31,24(33)34)16-30-11-6-10-29-30/h6-14,22H,15-17H2,1-5H3,(H,33,34).